The second-order valence-electron chi connectivity index (χ2n) is 4.95. The van der Waals surface area contributed by atoms with Crippen molar-refractivity contribution in [3.63, 3.8) is 0 Å². The molecule has 2 N–H and O–H groups in total. The first-order chi connectivity index (χ1) is 9.33. The number of aromatic nitrogens is 2. The molecule has 0 saturated carbocycles. The Morgan fingerprint density at radius 3 is 3.16 bits per heavy atom. The van der Waals surface area contributed by atoms with Crippen LogP contribution >= 0.6 is 0 Å². The molecule has 1 unspecified atom stereocenters. The second kappa shape index (κ2) is 5.40. The molecule has 1 aliphatic heterocycles. The van der Waals surface area contributed by atoms with Crippen LogP contribution in [-0.4, -0.2) is 29.3 Å². The SMILES string of the molecule is Cc1ccc(-c2nnco2)cc1NCC1CCCN1. The van der Waals surface area contributed by atoms with Gasteiger partial charge in [0.25, 0.3) is 0 Å². The third-order valence-corrected chi connectivity index (χ3v) is 3.55. The van der Waals surface area contributed by atoms with Crippen LogP contribution in [0, 0.1) is 6.92 Å². The summed E-state index contributed by atoms with van der Waals surface area (Å²) >= 11 is 0. The molecule has 2 aromatic rings. The molecular formula is C14H18N4O. The standard InChI is InChI=1S/C14H18N4O/c1-10-4-5-11(14-18-17-9-19-14)7-13(10)16-8-12-3-2-6-15-12/h4-5,7,9,12,15-16H,2-3,6,8H2,1H3. The summed E-state index contributed by atoms with van der Waals surface area (Å²) in [5.41, 5.74) is 3.30. The van der Waals surface area contributed by atoms with Crippen molar-refractivity contribution in [2.75, 3.05) is 18.4 Å². The van der Waals surface area contributed by atoms with Gasteiger partial charge in [-0.15, -0.1) is 10.2 Å². The summed E-state index contributed by atoms with van der Waals surface area (Å²) in [5, 5.41) is 14.6. The monoisotopic (exact) mass is 258 g/mol. The summed E-state index contributed by atoms with van der Waals surface area (Å²) in [7, 11) is 0. The lowest BCUT2D eigenvalue weighted by Gasteiger charge is -2.15. The van der Waals surface area contributed by atoms with E-state index in [0.29, 0.717) is 11.9 Å². The van der Waals surface area contributed by atoms with Gasteiger partial charge in [-0.3, -0.25) is 0 Å². The molecule has 0 bridgehead atoms. The number of hydrogen-bond donors (Lipinski definition) is 2. The topological polar surface area (TPSA) is 63.0 Å². The highest BCUT2D eigenvalue weighted by molar-refractivity contribution is 5.64. The molecule has 100 valence electrons. The van der Waals surface area contributed by atoms with Gasteiger partial charge in [0.1, 0.15) is 0 Å². The maximum Gasteiger partial charge on any atom is 0.247 e. The van der Waals surface area contributed by atoms with E-state index in [1.165, 1.54) is 24.8 Å². The zero-order valence-corrected chi connectivity index (χ0v) is 11.0. The fourth-order valence-electron chi connectivity index (χ4n) is 2.41. The van der Waals surface area contributed by atoms with Crippen molar-refractivity contribution in [2.45, 2.75) is 25.8 Å². The van der Waals surface area contributed by atoms with E-state index in [2.05, 4.69) is 39.9 Å². The molecule has 1 aliphatic rings. The summed E-state index contributed by atoms with van der Waals surface area (Å²) in [4.78, 5) is 0. The molecule has 0 aliphatic carbocycles. The normalized spacial score (nSPS) is 18.7. The zero-order valence-electron chi connectivity index (χ0n) is 11.0. The molecule has 0 amide bonds. The highest BCUT2D eigenvalue weighted by atomic mass is 16.4. The van der Waals surface area contributed by atoms with Gasteiger partial charge in [-0.05, 0) is 44.0 Å². The molecular weight excluding hydrogens is 240 g/mol. The molecule has 3 rings (SSSR count). The number of rotatable bonds is 4. The first-order valence-electron chi connectivity index (χ1n) is 6.67. The Morgan fingerprint density at radius 1 is 1.47 bits per heavy atom. The molecule has 5 heteroatoms. The highest BCUT2D eigenvalue weighted by Crippen LogP contribution is 2.24. The smallest absolute Gasteiger partial charge is 0.247 e. The third-order valence-electron chi connectivity index (χ3n) is 3.55. The first kappa shape index (κ1) is 12.2. The van der Waals surface area contributed by atoms with Crippen LogP contribution in [0.1, 0.15) is 18.4 Å². The Balaban J connectivity index is 1.74. The predicted molar refractivity (Wildman–Crippen MR) is 74.0 cm³/mol. The largest absolute Gasteiger partial charge is 0.423 e. The van der Waals surface area contributed by atoms with E-state index in [1.54, 1.807) is 0 Å². The Kier molecular flexibility index (Phi) is 3.46. The molecule has 2 heterocycles. The fourth-order valence-corrected chi connectivity index (χ4v) is 2.41. The van der Waals surface area contributed by atoms with E-state index in [0.717, 1.165) is 24.3 Å². The van der Waals surface area contributed by atoms with Crippen LogP contribution in [0.5, 0.6) is 0 Å². The summed E-state index contributed by atoms with van der Waals surface area (Å²) in [5.74, 6) is 0.557. The summed E-state index contributed by atoms with van der Waals surface area (Å²) in [6.07, 6.45) is 3.87. The first-order valence-corrected chi connectivity index (χ1v) is 6.67. The van der Waals surface area contributed by atoms with Gasteiger partial charge in [0.2, 0.25) is 12.3 Å². The fraction of sp³-hybridized carbons (Fsp3) is 0.429. The van der Waals surface area contributed by atoms with E-state index in [9.17, 15) is 0 Å². The van der Waals surface area contributed by atoms with Crippen molar-refractivity contribution in [3.05, 3.63) is 30.2 Å². The van der Waals surface area contributed by atoms with E-state index < -0.39 is 0 Å². The lowest BCUT2D eigenvalue weighted by atomic mass is 10.1. The summed E-state index contributed by atoms with van der Waals surface area (Å²) < 4.78 is 5.23. The maximum absolute atomic E-state index is 5.23. The molecule has 1 aromatic carbocycles. The van der Waals surface area contributed by atoms with Crippen molar-refractivity contribution in [3.8, 4) is 11.5 Å². The number of anilines is 1. The molecule has 0 radical (unpaired) electrons. The number of benzene rings is 1. The van der Waals surface area contributed by atoms with E-state index in [4.69, 9.17) is 4.42 Å². The van der Waals surface area contributed by atoms with Crippen LogP contribution in [0.3, 0.4) is 0 Å². The Hall–Kier alpha value is -1.88. The van der Waals surface area contributed by atoms with Crippen LogP contribution in [0.2, 0.25) is 0 Å². The van der Waals surface area contributed by atoms with Crippen LogP contribution < -0.4 is 10.6 Å². The number of hydrogen-bond acceptors (Lipinski definition) is 5. The van der Waals surface area contributed by atoms with Gasteiger partial charge in [0, 0.05) is 23.8 Å². The Morgan fingerprint density at radius 2 is 2.42 bits per heavy atom. The summed E-state index contributed by atoms with van der Waals surface area (Å²) in [6.45, 7) is 4.18. The third kappa shape index (κ3) is 2.76. The minimum Gasteiger partial charge on any atom is -0.423 e. The molecule has 1 aromatic heterocycles. The van der Waals surface area contributed by atoms with Gasteiger partial charge in [-0.1, -0.05) is 6.07 Å². The average molecular weight is 258 g/mol. The van der Waals surface area contributed by atoms with Gasteiger partial charge in [-0.2, -0.15) is 0 Å². The summed E-state index contributed by atoms with van der Waals surface area (Å²) in [6, 6.07) is 6.72. The molecule has 19 heavy (non-hydrogen) atoms. The molecule has 1 saturated heterocycles. The number of nitrogens with zero attached hydrogens (tertiary/aromatic N) is 2. The molecule has 1 atom stereocenters. The zero-order chi connectivity index (χ0) is 13.1. The van der Waals surface area contributed by atoms with E-state index in [-0.39, 0.29) is 0 Å². The Labute approximate surface area is 112 Å². The minimum atomic E-state index is 0.557. The van der Waals surface area contributed by atoms with Crippen molar-refractivity contribution in [1.29, 1.82) is 0 Å². The average Bonchev–Trinajstić information content (AvgIpc) is 3.11. The van der Waals surface area contributed by atoms with Gasteiger partial charge in [0.05, 0.1) is 0 Å². The molecule has 0 spiro atoms. The van der Waals surface area contributed by atoms with E-state index in [1.807, 2.05) is 6.07 Å². The van der Waals surface area contributed by atoms with Crippen molar-refractivity contribution >= 4 is 5.69 Å². The Bertz CT molecular complexity index is 532. The second-order valence-corrected chi connectivity index (χ2v) is 4.95. The van der Waals surface area contributed by atoms with Gasteiger partial charge >= 0.3 is 0 Å². The quantitative estimate of drug-likeness (QED) is 0.880. The van der Waals surface area contributed by atoms with Gasteiger partial charge in [-0.25, -0.2) is 0 Å². The van der Waals surface area contributed by atoms with Crippen LogP contribution in [0.15, 0.2) is 29.0 Å². The minimum absolute atomic E-state index is 0.557. The number of aryl methyl sites for hydroxylation is 1. The number of nitrogens with one attached hydrogen (secondary N) is 2. The van der Waals surface area contributed by atoms with Crippen molar-refractivity contribution in [2.24, 2.45) is 0 Å². The highest BCUT2D eigenvalue weighted by Gasteiger charge is 2.14. The van der Waals surface area contributed by atoms with Crippen LogP contribution in [0.25, 0.3) is 11.5 Å². The molecule has 1 fully saturated rings. The van der Waals surface area contributed by atoms with E-state index >= 15 is 0 Å². The van der Waals surface area contributed by atoms with Gasteiger partial charge in [0.15, 0.2) is 0 Å². The maximum atomic E-state index is 5.23. The predicted octanol–water partition coefficient (Wildman–Crippen LogP) is 2.21. The lowest BCUT2D eigenvalue weighted by Crippen LogP contribution is -2.29. The van der Waals surface area contributed by atoms with Crippen molar-refractivity contribution < 1.29 is 4.42 Å². The van der Waals surface area contributed by atoms with Gasteiger partial charge < -0.3 is 15.1 Å². The van der Waals surface area contributed by atoms with Crippen molar-refractivity contribution in [1.82, 2.24) is 15.5 Å². The van der Waals surface area contributed by atoms with Crippen LogP contribution in [-0.2, 0) is 0 Å². The van der Waals surface area contributed by atoms with Crippen LogP contribution in [0.4, 0.5) is 5.69 Å². The molecule has 5 nitrogen and oxygen atoms in total. The lowest BCUT2D eigenvalue weighted by molar-refractivity contribution is 0.568.